The fourth-order valence-electron chi connectivity index (χ4n) is 1.07. The van der Waals surface area contributed by atoms with Crippen LogP contribution in [-0.4, -0.2) is 12.8 Å². The number of unbranched alkanes of at least 4 members (excludes halogenated alkanes) is 1. The zero-order valence-electron chi connectivity index (χ0n) is 8.43. The molecule has 1 nitrogen and oxygen atoms in total. The topological polar surface area (TPSA) is 12.4 Å². The van der Waals surface area contributed by atoms with Gasteiger partial charge in [-0.25, -0.2) is 4.39 Å². The van der Waals surface area contributed by atoms with Gasteiger partial charge in [0, 0.05) is 18.3 Å². The van der Waals surface area contributed by atoms with Crippen molar-refractivity contribution >= 4 is 29.4 Å². The van der Waals surface area contributed by atoms with E-state index in [2.05, 4.69) is 11.9 Å². The van der Waals surface area contributed by atoms with Crippen LogP contribution in [0.25, 0.3) is 0 Å². The van der Waals surface area contributed by atoms with Crippen LogP contribution in [0, 0.1) is 5.82 Å². The number of benzene rings is 1. The van der Waals surface area contributed by atoms with E-state index in [4.69, 9.17) is 23.2 Å². The monoisotopic (exact) mass is 247 g/mol. The predicted molar refractivity (Wildman–Crippen MR) is 63.8 cm³/mol. The van der Waals surface area contributed by atoms with Gasteiger partial charge in [-0.3, -0.25) is 4.99 Å². The third-order valence-electron chi connectivity index (χ3n) is 1.94. The maximum atomic E-state index is 13.3. The van der Waals surface area contributed by atoms with Crippen LogP contribution >= 0.6 is 23.2 Å². The van der Waals surface area contributed by atoms with Gasteiger partial charge < -0.3 is 0 Å². The van der Waals surface area contributed by atoms with E-state index >= 15 is 0 Å². The molecule has 1 aromatic carbocycles. The summed E-state index contributed by atoms with van der Waals surface area (Å²) in [4.78, 5) is 4.09. The van der Waals surface area contributed by atoms with Crippen molar-refractivity contribution in [3.8, 4) is 0 Å². The molecule has 0 unspecified atom stereocenters. The first-order valence-corrected chi connectivity index (χ1v) is 5.55. The van der Waals surface area contributed by atoms with Crippen LogP contribution in [0.15, 0.2) is 17.1 Å². The van der Waals surface area contributed by atoms with E-state index in [0.29, 0.717) is 11.6 Å². The molecule has 82 valence electrons. The molecule has 0 aliphatic rings. The molecular formula is C11H12Cl2FN. The maximum absolute atomic E-state index is 13.3. The van der Waals surface area contributed by atoms with Crippen LogP contribution in [0.1, 0.15) is 25.3 Å². The SMILES string of the molecule is CCCC/N=C/c1c(F)ccc(Cl)c1Cl. The van der Waals surface area contributed by atoms with Gasteiger partial charge in [-0.2, -0.15) is 0 Å². The Bertz CT molecular complexity index is 364. The largest absolute Gasteiger partial charge is 0.292 e. The first-order valence-electron chi connectivity index (χ1n) is 4.80. The van der Waals surface area contributed by atoms with Crippen molar-refractivity contribution in [1.82, 2.24) is 0 Å². The fourth-order valence-corrected chi connectivity index (χ4v) is 1.43. The van der Waals surface area contributed by atoms with Gasteiger partial charge in [-0.05, 0) is 18.6 Å². The molecule has 0 heterocycles. The summed E-state index contributed by atoms with van der Waals surface area (Å²) >= 11 is 11.6. The normalized spacial score (nSPS) is 11.2. The highest BCUT2D eigenvalue weighted by Gasteiger charge is 2.08. The molecular weight excluding hydrogens is 236 g/mol. The summed E-state index contributed by atoms with van der Waals surface area (Å²) in [5.74, 6) is -0.398. The molecule has 0 N–H and O–H groups in total. The Balaban J connectivity index is 2.84. The quantitative estimate of drug-likeness (QED) is 0.426. The standard InChI is InChI=1S/C11H12Cl2FN/c1-2-3-6-15-7-8-10(14)5-4-9(12)11(8)13/h4-5,7H,2-3,6H2,1H3/b15-7+. The molecule has 0 fully saturated rings. The summed E-state index contributed by atoms with van der Waals surface area (Å²) in [6, 6.07) is 2.72. The van der Waals surface area contributed by atoms with Gasteiger partial charge in [-0.1, -0.05) is 36.5 Å². The lowest BCUT2D eigenvalue weighted by Gasteiger charge is -2.01. The molecule has 1 rings (SSSR count). The maximum Gasteiger partial charge on any atom is 0.133 e. The van der Waals surface area contributed by atoms with Crippen molar-refractivity contribution in [2.75, 3.05) is 6.54 Å². The van der Waals surface area contributed by atoms with Crippen molar-refractivity contribution in [3.63, 3.8) is 0 Å². The van der Waals surface area contributed by atoms with Gasteiger partial charge in [0.2, 0.25) is 0 Å². The lowest BCUT2D eigenvalue weighted by atomic mass is 10.2. The lowest BCUT2D eigenvalue weighted by Crippen LogP contribution is -1.92. The fraction of sp³-hybridized carbons (Fsp3) is 0.364. The highest BCUT2D eigenvalue weighted by Crippen LogP contribution is 2.26. The minimum atomic E-state index is -0.398. The van der Waals surface area contributed by atoms with Gasteiger partial charge in [-0.15, -0.1) is 0 Å². The first kappa shape index (κ1) is 12.5. The Labute approximate surface area is 98.9 Å². The molecule has 0 amide bonds. The second-order valence-corrected chi connectivity index (χ2v) is 3.93. The van der Waals surface area contributed by atoms with E-state index in [-0.39, 0.29) is 10.6 Å². The zero-order valence-corrected chi connectivity index (χ0v) is 9.95. The van der Waals surface area contributed by atoms with Gasteiger partial charge >= 0.3 is 0 Å². The van der Waals surface area contributed by atoms with E-state index in [9.17, 15) is 4.39 Å². The van der Waals surface area contributed by atoms with Gasteiger partial charge in [0.25, 0.3) is 0 Å². The van der Waals surface area contributed by atoms with E-state index < -0.39 is 5.82 Å². The van der Waals surface area contributed by atoms with E-state index in [1.54, 1.807) is 0 Å². The molecule has 0 bridgehead atoms. The summed E-state index contributed by atoms with van der Waals surface area (Å²) in [5.41, 5.74) is 0.264. The summed E-state index contributed by atoms with van der Waals surface area (Å²) in [6.45, 7) is 2.75. The third kappa shape index (κ3) is 3.47. The predicted octanol–water partition coefficient (Wildman–Crippen LogP) is 4.35. The molecule has 15 heavy (non-hydrogen) atoms. The van der Waals surface area contributed by atoms with Crippen molar-refractivity contribution in [2.45, 2.75) is 19.8 Å². The number of halogens is 3. The summed E-state index contributed by atoms with van der Waals surface area (Å²) in [6.07, 6.45) is 3.48. The van der Waals surface area contributed by atoms with E-state index in [0.717, 1.165) is 12.8 Å². The highest BCUT2D eigenvalue weighted by molar-refractivity contribution is 6.43. The first-order chi connectivity index (χ1) is 7.16. The Kier molecular flexibility index (Phi) is 5.06. The number of hydrogen-bond acceptors (Lipinski definition) is 1. The zero-order chi connectivity index (χ0) is 11.3. The van der Waals surface area contributed by atoms with Crippen LogP contribution in [0.5, 0.6) is 0 Å². The van der Waals surface area contributed by atoms with E-state index in [1.165, 1.54) is 18.3 Å². The molecule has 0 aromatic heterocycles. The van der Waals surface area contributed by atoms with E-state index in [1.807, 2.05) is 0 Å². The van der Waals surface area contributed by atoms with Gasteiger partial charge in [0.15, 0.2) is 0 Å². The van der Waals surface area contributed by atoms with Crippen molar-refractivity contribution in [2.24, 2.45) is 4.99 Å². The molecule has 0 radical (unpaired) electrons. The molecule has 4 heteroatoms. The number of nitrogens with zero attached hydrogens (tertiary/aromatic N) is 1. The average Bonchev–Trinajstić information content (AvgIpc) is 2.23. The van der Waals surface area contributed by atoms with Crippen LogP contribution in [-0.2, 0) is 0 Å². The van der Waals surface area contributed by atoms with Crippen LogP contribution < -0.4 is 0 Å². The number of aliphatic imine (C=N–C) groups is 1. The summed E-state index contributed by atoms with van der Waals surface area (Å²) < 4.78 is 13.3. The van der Waals surface area contributed by atoms with Crippen LogP contribution in [0.3, 0.4) is 0 Å². The molecule has 0 atom stereocenters. The van der Waals surface area contributed by atoms with Crippen molar-refractivity contribution in [3.05, 3.63) is 33.6 Å². The molecule has 0 spiro atoms. The highest BCUT2D eigenvalue weighted by atomic mass is 35.5. The third-order valence-corrected chi connectivity index (χ3v) is 2.76. The second kappa shape index (κ2) is 6.09. The average molecular weight is 248 g/mol. The van der Waals surface area contributed by atoms with Crippen molar-refractivity contribution < 1.29 is 4.39 Å². The van der Waals surface area contributed by atoms with Gasteiger partial charge in [0.1, 0.15) is 5.82 Å². The Morgan fingerprint density at radius 3 is 2.80 bits per heavy atom. The number of rotatable bonds is 4. The summed E-state index contributed by atoms with van der Waals surface area (Å²) in [7, 11) is 0. The molecule has 0 aliphatic heterocycles. The van der Waals surface area contributed by atoms with Gasteiger partial charge in [0.05, 0.1) is 10.0 Å². The Morgan fingerprint density at radius 1 is 1.40 bits per heavy atom. The molecule has 0 saturated heterocycles. The molecule has 0 saturated carbocycles. The number of hydrogen-bond donors (Lipinski definition) is 0. The molecule has 0 aliphatic carbocycles. The smallest absolute Gasteiger partial charge is 0.133 e. The minimum Gasteiger partial charge on any atom is -0.292 e. The molecule has 1 aromatic rings. The second-order valence-electron chi connectivity index (χ2n) is 3.15. The van der Waals surface area contributed by atoms with Crippen molar-refractivity contribution in [1.29, 1.82) is 0 Å². The Morgan fingerprint density at radius 2 is 2.13 bits per heavy atom. The lowest BCUT2D eigenvalue weighted by molar-refractivity contribution is 0.626. The van der Waals surface area contributed by atoms with Crippen LogP contribution in [0.4, 0.5) is 4.39 Å². The minimum absolute atomic E-state index is 0.219. The summed E-state index contributed by atoms with van der Waals surface area (Å²) in [5, 5.41) is 0.562. The Hall–Kier alpha value is -0.600. The van der Waals surface area contributed by atoms with Crippen LogP contribution in [0.2, 0.25) is 10.0 Å².